The molecule has 2 rings (SSSR count). The van der Waals surface area contributed by atoms with Gasteiger partial charge in [0.1, 0.15) is 11.6 Å². The SMILES string of the molecule is CC(C)c1noc(COc2ccc(C(C)N)c(F)c2)n1. The van der Waals surface area contributed by atoms with Crippen LogP contribution >= 0.6 is 0 Å². The molecule has 1 aromatic carbocycles. The Morgan fingerprint density at radius 3 is 2.65 bits per heavy atom. The molecule has 1 unspecified atom stereocenters. The fourth-order valence-electron chi connectivity index (χ4n) is 1.67. The van der Waals surface area contributed by atoms with Crippen LogP contribution in [0.2, 0.25) is 0 Å². The van der Waals surface area contributed by atoms with Gasteiger partial charge >= 0.3 is 0 Å². The quantitative estimate of drug-likeness (QED) is 0.910. The van der Waals surface area contributed by atoms with Gasteiger partial charge in [0.05, 0.1) is 0 Å². The molecule has 0 spiro atoms. The molecule has 2 N–H and O–H groups in total. The van der Waals surface area contributed by atoms with Crippen molar-refractivity contribution in [2.45, 2.75) is 39.3 Å². The van der Waals surface area contributed by atoms with Crippen molar-refractivity contribution in [2.24, 2.45) is 5.73 Å². The van der Waals surface area contributed by atoms with E-state index in [0.717, 1.165) is 0 Å². The summed E-state index contributed by atoms with van der Waals surface area (Å²) in [5.74, 6) is 1.20. The van der Waals surface area contributed by atoms with Gasteiger partial charge in [-0.15, -0.1) is 0 Å². The second-order valence-electron chi connectivity index (χ2n) is 4.96. The first-order valence-corrected chi connectivity index (χ1v) is 6.47. The van der Waals surface area contributed by atoms with E-state index in [1.54, 1.807) is 19.1 Å². The van der Waals surface area contributed by atoms with Crippen LogP contribution in [0.5, 0.6) is 5.75 Å². The van der Waals surface area contributed by atoms with E-state index in [-0.39, 0.29) is 24.4 Å². The largest absolute Gasteiger partial charge is 0.484 e. The van der Waals surface area contributed by atoms with Crippen molar-refractivity contribution in [1.82, 2.24) is 10.1 Å². The zero-order chi connectivity index (χ0) is 14.7. The highest BCUT2D eigenvalue weighted by Crippen LogP contribution is 2.21. The highest BCUT2D eigenvalue weighted by atomic mass is 19.1. The van der Waals surface area contributed by atoms with Crippen molar-refractivity contribution < 1.29 is 13.7 Å². The van der Waals surface area contributed by atoms with E-state index in [2.05, 4.69) is 10.1 Å². The Kier molecular flexibility index (Phi) is 4.34. The van der Waals surface area contributed by atoms with E-state index in [9.17, 15) is 4.39 Å². The smallest absolute Gasteiger partial charge is 0.264 e. The Morgan fingerprint density at radius 2 is 2.10 bits per heavy atom. The normalized spacial score (nSPS) is 12.7. The molecular weight excluding hydrogens is 261 g/mol. The summed E-state index contributed by atoms with van der Waals surface area (Å²) in [5, 5.41) is 3.83. The molecule has 1 atom stereocenters. The zero-order valence-corrected chi connectivity index (χ0v) is 11.8. The molecule has 0 amide bonds. The molecule has 0 fully saturated rings. The van der Waals surface area contributed by atoms with Crippen LogP contribution in [0.1, 0.15) is 50.0 Å². The summed E-state index contributed by atoms with van der Waals surface area (Å²) in [7, 11) is 0. The molecule has 20 heavy (non-hydrogen) atoms. The van der Waals surface area contributed by atoms with Gasteiger partial charge in [0, 0.05) is 23.6 Å². The molecule has 0 aliphatic heterocycles. The minimum atomic E-state index is -0.383. The number of aromatic nitrogens is 2. The van der Waals surface area contributed by atoms with Gasteiger partial charge in [-0.05, 0) is 13.0 Å². The summed E-state index contributed by atoms with van der Waals surface area (Å²) < 4.78 is 24.2. The van der Waals surface area contributed by atoms with Crippen molar-refractivity contribution in [1.29, 1.82) is 0 Å². The molecule has 1 heterocycles. The lowest BCUT2D eigenvalue weighted by Crippen LogP contribution is -2.07. The van der Waals surface area contributed by atoms with E-state index in [0.29, 0.717) is 23.0 Å². The first kappa shape index (κ1) is 14.5. The van der Waals surface area contributed by atoms with Crippen LogP contribution in [0.15, 0.2) is 22.7 Å². The van der Waals surface area contributed by atoms with Gasteiger partial charge in [-0.25, -0.2) is 4.39 Å². The molecule has 0 radical (unpaired) electrons. The average Bonchev–Trinajstić information content (AvgIpc) is 2.85. The molecule has 0 bridgehead atoms. The fraction of sp³-hybridized carbons (Fsp3) is 0.429. The number of benzene rings is 1. The van der Waals surface area contributed by atoms with Gasteiger partial charge < -0.3 is 15.0 Å². The zero-order valence-electron chi connectivity index (χ0n) is 11.8. The minimum absolute atomic E-state index is 0.108. The van der Waals surface area contributed by atoms with Crippen molar-refractivity contribution >= 4 is 0 Å². The third kappa shape index (κ3) is 3.33. The standard InChI is InChI=1S/C14H18FN3O2/c1-8(2)14-17-13(20-18-14)7-19-10-4-5-11(9(3)16)12(15)6-10/h4-6,8-9H,7,16H2,1-3H3. The van der Waals surface area contributed by atoms with Crippen LogP contribution < -0.4 is 10.5 Å². The molecule has 2 aromatic rings. The molecule has 108 valence electrons. The van der Waals surface area contributed by atoms with Crippen LogP contribution in [0.3, 0.4) is 0 Å². The maximum atomic E-state index is 13.7. The van der Waals surface area contributed by atoms with Gasteiger partial charge in [-0.2, -0.15) is 4.98 Å². The average molecular weight is 279 g/mol. The van der Waals surface area contributed by atoms with Gasteiger partial charge in [0.25, 0.3) is 5.89 Å². The van der Waals surface area contributed by atoms with Crippen LogP contribution in [-0.2, 0) is 6.61 Å². The van der Waals surface area contributed by atoms with Crippen molar-refractivity contribution in [3.8, 4) is 5.75 Å². The number of nitrogens with zero attached hydrogens (tertiary/aromatic N) is 2. The Labute approximate surface area is 116 Å². The predicted octanol–water partition coefficient (Wildman–Crippen LogP) is 2.93. The topological polar surface area (TPSA) is 74.2 Å². The minimum Gasteiger partial charge on any atom is -0.484 e. The van der Waals surface area contributed by atoms with Gasteiger partial charge in [0.2, 0.25) is 0 Å². The van der Waals surface area contributed by atoms with E-state index < -0.39 is 0 Å². The second kappa shape index (κ2) is 6.00. The lowest BCUT2D eigenvalue weighted by Gasteiger charge is -2.09. The Bertz CT molecular complexity index is 582. The lowest BCUT2D eigenvalue weighted by molar-refractivity contribution is 0.241. The molecule has 1 aromatic heterocycles. The summed E-state index contributed by atoms with van der Waals surface area (Å²) >= 11 is 0. The van der Waals surface area contributed by atoms with Gasteiger partial charge in [0.15, 0.2) is 12.4 Å². The first-order valence-electron chi connectivity index (χ1n) is 6.47. The van der Waals surface area contributed by atoms with Crippen LogP contribution in [0.25, 0.3) is 0 Å². The lowest BCUT2D eigenvalue weighted by atomic mass is 10.1. The Hall–Kier alpha value is -1.95. The van der Waals surface area contributed by atoms with Crippen LogP contribution in [-0.4, -0.2) is 10.1 Å². The third-order valence-corrected chi connectivity index (χ3v) is 2.82. The number of hydrogen-bond donors (Lipinski definition) is 1. The third-order valence-electron chi connectivity index (χ3n) is 2.82. The highest BCUT2D eigenvalue weighted by molar-refractivity contribution is 5.30. The number of nitrogens with two attached hydrogens (primary N) is 1. The van der Waals surface area contributed by atoms with E-state index in [4.69, 9.17) is 15.0 Å². The van der Waals surface area contributed by atoms with E-state index in [1.807, 2.05) is 13.8 Å². The molecule has 0 saturated heterocycles. The number of halogens is 1. The molecule has 6 heteroatoms. The maximum absolute atomic E-state index is 13.7. The summed E-state index contributed by atoms with van der Waals surface area (Å²) in [6, 6.07) is 4.23. The van der Waals surface area contributed by atoms with Gasteiger partial charge in [-0.1, -0.05) is 25.1 Å². The molecular formula is C14H18FN3O2. The number of hydrogen-bond acceptors (Lipinski definition) is 5. The first-order chi connectivity index (χ1) is 9.47. The van der Waals surface area contributed by atoms with E-state index in [1.165, 1.54) is 6.07 Å². The molecule has 5 nitrogen and oxygen atoms in total. The second-order valence-corrected chi connectivity index (χ2v) is 4.96. The number of ether oxygens (including phenoxy) is 1. The van der Waals surface area contributed by atoms with Crippen molar-refractivity contribution in [3.05, 3.63) is 41.3 Å². The fourth-order valence-corrected chi connectivity index (χ4v) is 1.67. The molecule has 0 aliphatic rings. The van der Waals surface area contributed by atoms with Crippen LogP contribution in [0, 0.1) is 5.82 Å². The summed E-state index contributed by atoms with van der Waals surface area (Å²) in [5.41, 5.74) is 6.10. The van der Waals surface area contributed by atoms with Gasteiger partial charge in [-0.3, -0.25) is 0 Å². The molecule has 0 saturated carbocycles. The van der Waals surface area contributed by atoms with Crippen LogP contribution in [0.4, 0.5) is 4.39 Å². The summed E-state index contributed by atoms with van der Waals surface area (Å²) in [4.78, 5) is 4.18. The van der Waals surface area contributed by atoms with E-state index >= 15 is 0 Å². The van der Waals surface area contributed by atoms with Crippen molar-refractivity contribution in [3.63, 3.8) is 0 Å². The summed E-state index contributed by atoms with van der Waals surface area (Å²) in [6.07, 6.45) is 0. The Morgan fingerprint density at radius 1 is 1.35 bits per heavy atom. The summed E-state index contributed by atoms with van der Waals surface area (Å²) in [6.45, 7) is 5.77. The van der Waals surface area contributed by atoms with Crippen molar-refractivity contribution in [2.75, 3.05) is 0 Å². The maximum Gasteiger partial charge on any atom is 0.264 e. The predicted molar refractivity (Wildman–Crippen MR) is 71.7 cm³/mol. The highest BCUT2D eigenvalue weighted by Gasteiger charge is 2.11. The monoisotopic (exact) mass is 279 g/mol. The Balaban J connectivity index is 2.01. The number of rotatable bonds is 5. The molecule has 0 aliphatic carbocycles.